The van der Waals surface area contributed by atoms with Crippen LogP contribution in [0.25, 0.3) is 22.6 Å². The fourth-order valence-corrected chi connectivity index (χ4v) is 1.90. The molecule has 2 N–H and O–H groups in total. The summed E-state index contributed by atoms with van der Waals surface area (Å²) in [5.41, 5.74) is 7.82. The number of halogens is 2. The van der Waals surface area contributed by atoms with Crippen molar-refractivity contribution in [3.8, 4) is 11.5 Å². The quantitative estimate of drug-likeness (QED) is 0.677. The van der Waals surface area contributed by atoms with Crippen LogP contribution >= 0.6 is 11.6 Å². The Morgan fingerprint density at radius 3 is 2.83 bits per heavy atom. The maximum absolute atomic E-state index is 13.2. The van der Waals surface area contributed by atoms with E-state index in [4.69, 9.17) is 21.8 Å². The number of hydrogen-bond donors (Lipinski definition) is 1. The van der Waals surface area contributed by atoms with Crippen LogP contribution in [0, 0.1) is 5.82 Å². The van der Waals surface area contributed by atoms with Crippen LogP contribution in [0.5, 0.6) is 0 Å². The fourth-order valence-electron chi connectivity index (χ4n) is 1.73. The standard InChI is InChI=1S/C13H8ClFN2O/c14-7-1-4-12-11(5-7)17-13(18-12)9-6-8(15)2-3-10(9)16/h1-6H,16H2. The highest BCUT2D eigenvalue weighted by Crippen LogP contribution is 2.30. The SMILES string of the molecule is Nc1ccc(F)cc1-c1nc2cc(Cl)ccc2o1. The zero-order valence-electron chi connectivity index (χ0n) is 9.15. The number of nitrogen functional groups attached to an aromatic ring is 1. The van der Waals surface area contributed by atoms with Gasteiger partial charge in [-0.25, -0.2) is 9.37 Å². The van der Waals surface area contributed by atoms with Crippen molar-refractivity contribution < 1.29 is 8.81 Å². The average molecular weight is 263 g/mol. The molecule has 0 atom stereocenters. The van der Waals surface area contributed by atoms with Crippen LogP contribution in [0.2, 0.25) is 5.02 Å². The van der Waals surface area contributed by atoms with Gasteiger partial charge in [0, 0.05) is 10.7 Å². The number of oxazole rings is 1. The maximum atomic E-state index is 13.2. The number of nitrogens with two attached hydrogens (primary N) is 1. The summed E-state index contributed by atoms with van der Waals surface area (Å²) in [6.07, 6.45) is 0. The van der Waals surface area contributed by atoms with E-state index in [1.165, 1.54) is 18.2 Å². The molecule has 0 spiro atoms. The lowest BCUT2D eigenvalue weighted by molar-refractivity contribution is 0.611. The Kier molecular flexibility index (Phi) is 2.45. The minimum Gasteiger partial charge on any atom is -0.436 e. The number of benzene rings is 2. The molecule has 0 saturated carbocycles. The van der Waals surface area contributed by atoms with Gasteiger partial charge < -0.3 is 10.2 Å². The molecule has 0 bridgehead atoms. The minimum atomic E-state index is -0.389. The number of fused-ring (bicyclic) bond motifs is 1. The van der Waals surface area contributed by atoms with Crippen LogP contribution in [0.3, 0.4) is 0 Å². The van der Waals surface area contributed by atoms with Crippen LogP contribution in [0.1, 0.15) is 0 Å². The normalized spacial score (nSPS) is 11.0. The first-order valence-corrected chi connectivity index (χ1v) is 5.63. The summed E-state index contributed by atoms with van der Waals surface area (Å²) >= 11 is 5.86. The van der Waals surface area contributed by atoms with Gasteiger partial charge in [-0.2, -0.15) is 0 Å². The third kappa shape index (κ3) is 1.80. The molecule has 0 aliphatic rings. The minimum absolute atomic E-state index is 0.282. The first-order valence-electron chi connectivity index (χ1n) is 5.25. The van der Waals surface area contributed by atoms with E-state index < -0.39 is 0 Å². The highest BCUT2D eigenvalue weighted by molar-refractivity contribution is 6.31. The lowest BCUT2D eigenvalue weighted by Crippen LogP contribution is -1.90. The highest BCUT2D eigenvalue weighted by atomic mass is 35.5. The van der Waals surface area contributed by atoms with Crippen molar-refractivity contribution in [2.45, 2.75) is 0 Å². The van der Waals surface area contributed by atoms with E-state index in [1.807, 2.05) is 0 Å². The van der Waals surface area contributed by atoms with Gasteiger partial charge in [0.05, 0.1) is 5.56 Å². The van der Waals surface area contributed by atoms with Crippen LogP contribution < -0.4 is 5.73 Å². The number of anilines is 1. The van der Waals surface area contributed by atoms with Gasteiger partial charge in [0.15, 0.2) is 5.58 Å². The first kappa shape index (κ1) is 11.0. The Hall–Kier alpha value is -2.07. The van der Waals surface area contributed by atoms with Crippen molar-refractivity contribution in [3.63, 3.8) is 0 Å². The van der Waals surface area contributed by atoms with E-state index in [-0.39, 0.29) is 11.7 Å². The summed E-state index contributed by atoms with van der Waals surface area (Å²) < 4.78 is 18.7. The van der Waals surface area contributed by atoms with Crippen LogP contribution in [0.15, 0.2) is 40.8 Å². The lowest BCUT2D eigenvalue weighted by atomic mass is 10.2. The summed E-state index contributed by atoms with van der Waals surface area (Å²) in [5, 5.41) is 0.564. The maximum Gasteiger partial charge on any atom is 0.229 e. The predicted molar refractivity (Wildman–Crippen MR) is 68.8 cm³/mol. The lowest BCUT2D eigenvalue weighted by Gasteiger charge is -2.00. The Labute approximate surface area is 107 Å². The molecule has 0 aliphatic carbocycles. The van der Waals surface area contributed by atoms with Crippen molar-refractivity contribution in [1.82, 2.24) is 4.98 Å². The van der Waals surface area contributed by atoms with Crippen molar-refractivity contribution in [2.24, 2.45) is 0 Å². The molecular formula is C13H8ClFN2O. The van der Waals surface area contributed by atoms with E-state index in [2.05, 4.69) is 4.98 Å². The van der Waals surface area contributed by atoms with Gasteiger partial charge >= 0.3 is 0 Å². The third-order valence-electron chi connectivity index (χ3n) is 2.60. The summed E-state index contributed by atoms with van der Waals surface area (Å²) in [4.78, 5) is 4.25. The number of nitrogens with zero attached hydrogens (tertiary/aromatic N) is 1. The first-order chi connectivity index (χ1) is 8.63. The number of aromatic nitrogens is 1. The van der Waals surface area contributed by atoms with Crippen molar-refractivity contribution >= 4 is 28.4 Å². The molecule has 1 heterocycles. The molecule has 0 fully saturated rings. The predicted octanol–water partition coefficient (Wildman–Crippen LogP) is 3.87. The Bertz CT molecular complexity index is 739. The van der Waals surface area contributed by atoms with Crippen molar-refractivity contribution in [2.75, 3.05) is 5.73 Å². The second kappa shape index (κ2) is 3.99. The molecule has 3 rings (SSSR count). The van der Waals surface area contributed by atoms with E-state index >= 15 is 0 Å². The molecule has 0 saturated heterocycles. The van der Waals surface area contributed by atoms with E-state index in [1.54, 1.807) is 18.2 Å². The largest absolute Gasteiger partial charge is 0.436 e. The highest BCUT2D eigenvalue weighted by Gasteiger charge is 2.12. The smallest absolute Gasteiger partial charge is 0.229 e. The van der Waals surface area contributed by atoms with Crippen LogP contribution in [-0.2, 0) is 0 Å². The third-order valence-corrected chi connectivity index (χ3v) is 2.83. The molecule has 3 aromatic rings. The Morgan fingerprint density at radius 2 is 2.00 bits per heavy atom. The molecule has 5 heteroatoms. The molecule has 3 nitrogen and oxygen atoms in total. The molecule has 0 amide bonds. The number of rotatable bonds is 1. The molecule has 0 radical (unpaired) electrons. The summed E-state index contributed by atoms with van der Waals surface area (Å²) in [7, 11) is 0. The monoisotopic (exact) mass is 262 g/mol. The molecular weight excluding hydrogens is 255 g/mol. The molecule has 18 heavy (non-hydrogen) atoms. The van der Waals surface area contributed by atoms with Crippen molar-refractivity contribution in [3.05, 3.63) is 47.2 Å². The molecule has 0 aliphatic heterocycles. The van der Waals surface area contributed by atoms with Crippen molar-refractivity contribution in [1.29, 1.82) is 0 Å². The molecule has 90 valence electrons. The van der Waals surface area contributed by atoms with Gasteiger partial charge in [-0.05, 0) is 36.4 Å². The van der Waals surface area contributed by atoms with Crippen LogP contribution in [0.4, 0.5) is 10.1 Å². The average Bonchev–Trinajstić information content (AvgIpc) is 2.74. The second-order valence-electron chi connectivity index (χ2n) is 3.86. The zero-order valence-corrected chi connectivity index (χ0v) is 9.91. The summed E-state index contributed by atoms with van der Waals surface area (Å²) in [6.45, 7) is 0. The van der Waals surface area contributed by atoms with Gasteiger partial charge in [0.25, 0.3) is 0 Å². The van der Waals surface area contributed by atoms with Gasteiger partial charge in [0.2, 0.25) is 5.89 Å². The van der Waals surface area contributed by atoms with E-state index in [9.17, 15) is 4.39 Å². The Balaban J connectivity index is 2.22. The van der Waals surface area contributed by atoms with Gasteiger partial charge in [-0.3, -0.25) is 0 Å². The summed E-state index contributed by atoms with van der Waals surface area (Å²) in [5.74, 6) is -0.108. The topological polar surface area (TPSA) is 52.0 Å². The zero-order chi connectivity index (χ0) is 12.7. The van der Waals surface area contributed by atoms with Gasteiger partial charge in [-0.15, -0.1) is 0 Å². The second-order valence-corrected chi connectivity index (χ2v) is 4.30. The Morgan fingerprint density at radius 1 is 1.17 bits per heavy atom. The molecule has 2 aromatic carbocycles. The number of hydrogen-bond acceptors (Lipinski definition) is 3. The fraction of sp³-hybridized carbons (Fsp3) is 0. The van der Waals surface area contributed by atoms with Gasteiger partial charge in [-0.1, -0.05) is 11.6 Å². The van der Waals surface area contributed by atoms with Crippen LogP contribution in [-0.4, -0.2) is 4.98 Å². The molecule has 1 aromatic heterocycles. The van der Waals surface area contributed by atoms with E-state index in [0.29, 0.717) is 27.4 Å². The molecule has 0 unspecified atom stereocenters. The van der Waals surface area contributed by atoms with E-state index in [0.717, 1.165) is 0 Å². The van der Waals surface area contributed by atoms with Gasteiger partial charge in [0.1, 0.15) is 11.3 Å². The summed E-state index contributed by atoms with van der Waals surface area (Å²) in [6, 6.07) is 9.16.